The van der Waals surface area contributed by atoms with Crippen LogP contribution in [0.4, 0.5) is 0 Å². The first kappa shape index (κ1) is 14.8. The molecule has 4 heteroatoms. The van der Waals surface area contributed by atoms with Gasteiger partial charge in [0.15, 0.2) is 0 Å². The summed E-state index contributed by atoms with van der Waals surface area (Å²) in [6, 6.07) is 0.260. The van der Waals surface area contributed by atoms with Crippen LogP contribution in [0.3, 0.4) is 0 Å². The van der Waals surface area contributed by atoms with Gasteiger partial charge in [-0.1, -0.05) is 6.92 Å². The van der Waals surface area contributed by atoms with Gasteiger partial charge in [0.05, 0.1) is 25.9 Å². The van der Waals surface area contributed by atoms with Gasteiger partial charge in [0.2, 0.25) is 0 Å². The van der Waals surface area contributed by atoms with Crippen molar-refractivity contribution >= 4 is 0 Å². The molecule has 1 saturated heterocycles. The number of nitrogens with one attached hydrogen (secondary N) is 1. The predicted octanol–water partition coefficient (Wildman–Crippen LogP) is 1.77. The summed E-state index contributed by atoms with van der Waals surface area (Å²) in [4.78, 5) is 2.52. The number of ether oxygens (including phenoxy) is 2. The molecule has 0 aromatic rings. The molecule has 1 N–H and O–H groups in total. The monoisotopic (exact) mass is 268 g/mol. The average Bonchev–Trinajstić information content (AvgIpc) is 2.46. The molecule has 2 heterocycles. The van der Waals surface area contributed by atoms with Crippen LogP contribution in [0.5, 0.6) is 0 Å². The van der Waals surface area contributed by atoms with Crippen LogP contribution in [0, 0.1) is 0 Å². The lowest BCUT2D eigenvalue weighted by Gasteiger charge is -2.46. The molecule has 0 aromatic heterocycles. The minimum Gasteiger partial charge on any atom is -0.497 e. The second kappa shape index (κ2) is 6.73. The van der Waals surface area contributed by atoms with Crippen molar-refractivity contribution in [1.82, 2.24) is 10.2 Å². The van der Waals surface area contributed by atoms with Crippen LogP contribution in [-0.2, 0) is 9.47 Å². The summed E-state index contributed by atoms with van der Waals surface area (Å²) in [5.74, 6) is 1.13. The minimum atomic E-state index is 0.0446. The van der Waals surface area contributed by atoms with Gasteiger partial charge in [0.25, 0.3) is 0 Å². The highest BCUT2D eigenvalue weighted by Gasteiger charge is 2.39. The summed E-state index contributed by atoms with van der Waals surface area (Å²) in [6.07, 6.45) is 4.54. The molecule has 19 heavy (non-hydrogen) atoms. The molecule has 1 fully saturated rings. The van der Waals surface area contributed by atoms with Gasteiger partial charge in [-0.25, -0.2) is 0 Å². The fourth-order valence-electron chi connectivity index (χ4n) is 3.00. The third kappa shape index (κ3) is 3.50. The number of hydrogen-bond donors (Lipinski definition) is 1. The first-order chi connectivity index (χ1) is 9.16. The van der Waals surface area contributed by atoms with Crippen LogP contribution in [0.1, 0.15) is 33.6 Å². The molecule has 2 aliphatic rings. The maximum absolute atomic E-state index is 5.91. The Kier molecular flexibility index (Phi) is 5.25. The standard InChI is InChI=1S/C15H28N2O2/c1-4-16-14(13-7-5-6-10-19-13)15(2,3)17-8-11-18-12-9-17/h7,14,16H,4-6,8-12H2,1-3H3. The number of rotatable bonds is 5. The molecular formula is C15H28N2O2. The highest BCUT2D eigenvalue weighted by Crippen LogP contribution is 2.27. The van der Waals surface area contributed by atoms with Crippen molar-refractivity contribution in [3.8, 4) is 0 Å². The molecule has 0 aliphatic carbocycles. The Morgan fingerprint density at radius 3 is 2.63 bits per heavy atom. The Labute approximate surface area is 117 Å². The van der Waals surface area contributed by atoms with Crippen LogP contribution in [0.2, 0.25) is 0 Å². The fraction of sp³-hybridized carbons (Fsp3) is 0.867. The fourth-order valence-corrected chi connectivity index (χ4v) is 3.00. The molecule has 0 bridgehead atoms. The zero-order chi connectivity index (χ0) is 13.7. The van der Waals surface area contributed by atoms with E-state index in [1.54, 1.807) is 0 Å². The largest absolute Gasteiger partial charge is 0.497 e. The Hall–Kier alpha value is -0.580. The van der Waals surface area contributed by atoms with Crippen LogP contribution in [-0.4, -0.2) is 55.9 Å². The van der Waals surface area contributed by atoms with E-state index in [2.05, 4.69) is 37.1 Å². The van der Waals surface area contributed by atoms with E-state index >= 15 is 0 Å². The second-order valence-corrected chi connectivity index (χ2v) is 5.84. The first-order valence-corrected chi connectivity index (χ1v) is 7.55. The maximum Gasteiger partial charge on any atom is 0.111 e. The van der Waals surface area contributed by atoms with E-state index in [1.165, 1.54) is 0 Å². The van der Waals surface area contributed by atoms with E-state index in [0.29, 0.717) is 0 Å². The van der Waals surface area contributed by atoms with Crippen LogP contribution >= 0.6 is 0 Å². The summed E-state index contributed by atoms with van der Waals surface area (Å²) in [6.45, 7) is 12.3. The molecule has 2 aliphatic heterocycles. The molecular weight excluding hydrogens is 240 g/mol. The first-order valence-electron chi connectivity index (χ1n) is 7.55. The molecule has 0 amide bonds. The second-order valence-electron chi connectivity index (χ2n) is 5.84. The third-order valence-electron chi connectivity index (χ3n) is 4.19. The van der Waals surface area contributed by atoms with Crippen molar-refractivity contribution in [3.63, 3.8) is 0 Å². The van der Waals surface area contributed by atoms with Crippen molar-refractivity contribution in [1.29, 1.82) is 0 Å². The van der Waals surface area contributed by atoms with E-state index in [0.717, 1.165) is 58.1 Å². The molecule has 0 saturated carbocycles. The smallest absolute Gasteiger partial charge is 0.111 e. The third-order valence-corrected chi connectivity index (χ3v) is 4.19. The van der Waals surface area contributed by atoms with Crippen LogP contribution in [0.15, 0.2) is 11.8 Å². The predicted molar refractivity (Wildman–Crippen MR) is 77.2 cm³/mol. The van der Waals surface area contributed by atoms with Gasteiger partial charge in [-0.2, -0.15) is 0 Å². The van der Waals surface area contributed by atoms with E-state index in [1.807, 2.05) is 0 Å². The lowest BCUT2D eigenvalue weighted by Crippen LogP contribution is -2.61. The molecule has 1 atom stereocenters. The summed E-state index contributed by atoms with van der Waals surface area (Å²) in [7, 11) is 0. The molecule has 0 spiro atoms. The van der Waals surface area contributed by atoms with Gasteiger partial charge in [-0.05, 0) is 39.3 Å². The lowest BCUT2D eigenvalue weighted by molar-refractivity contribution is -0.0266. The minimum absolute atomic E-state index is 0.0446. The van der Waals surface area contributed by atoms with Crippen molar-refractivity contribution in [2.75, 3.05) is 39.5 Å². The highest BCUT2D eigenvalue weighted by molar-refractivity contribution is 5.14. The van der Waals surface area contributed by atoms with Crippen molar-refractivity contribution < 1.29 is 9.47 Å². The summed E-state index contributed by atoms with van der Waals surface area (Å²) in [5.41, 5.74) is 0.0446. The average molecular weight is 268 g/mol. The van der Waals surface area contributed by atoms with Gasteiger partial charge in [0, 0.05) is 18.6 Å². The van der Waals surface area contributed by atoms with Crippen molar-refractivity contribution in [3.05, 3.63) is 11.8 Å². The quantitative estimate of drug-likeness (QED) is 0.824. The molecule has 0 aromatic carbocycles. The Morgan fingerprint density at radius 1 is 1.32 bits per heavy atom. The molecule has 2 rings (SSSR count). The summed E-state index contributed by atoms with van der Waals surface area (Å²) in [5, 5.41) is 3.61. The van der Waals surface area contributed by atoms with E-state index in [-0.39, 0.29) is 11.6 Å². The van der Waals surface area contributed by atoms with E-state index in [4.69, 9.17) is 9.47 Å². The number of hydrogen-bond acceptors (Lipinski definition) is 4. The van der Waals surface area contributed by atoms with Crippen molar-refractivity contribution in [2.24, 2.45) is 0 Å². The number of morpholine rings is 1. The van der Waals surface area contributed by atoms with E-state index < -0.39 is 0 Å². The van der Waals surface area contributed by atoms with Crippen LogP contribution < -0.4 is 5.32 Å². The molecule has 110 valence electrons. The van der Waals surface area contributed by atoms with Gasteiger partial charge < -0.3 is 14.8 Å². The Balaban J connectivity index is 2.13. The Morgan fingerprint density at radius 2 is 2.05 bits per heavy atom. The summed E-state index contributed by atoms with van der Waals surface area (Å²) >= 11 is 0. The maximum atomic E-state index is 5.91. The molecule has 0 radical (unpaired) electrons. The van der Waals surface area contributed by atoms with E-state index in [9.17, 15) is 0 Å². The van der Waals surface area contributed by atoms with Gasteiger partial charge in [-0.3, -0.25) is 4.90 Å². The lowest BCUT2D eigenvalue weighted by atomic mass is 9.89. The summed E-state index contributed by atoms with van der Waals surface area (Å²) < 4.78 is 11.4. The highest BCUT2D eigenvalue weighted by atomic mass is 16.5. The Bertz CT molecular complexity index is 309. The molecule has 4 nitrogen and oxygen atoms in total. The van der Waals surface area contributed by atoms with Gasteiger partial charge in [-0.15, -0.1) is 0 Å². The van der Waals surface area contributed by atoms with Gasteiger partial charge in [0.1, 0.15) is 5.76 Å². The number of nitrogens with zero attached hydrogens (tertiary/aromatic N) is 1. The topological polar surface area (TPSA) is 33.7 Å². The number of likely N-dealkylation sites (N-methyl/N-ethyl adjacent to an activating group) is 1. The normalized spacial score (nSPS) is 23.6. The van der Waals surface area contributed by atoms with Crippen LogP contribution in [0.25, 0.3) is 0 Å². The van der Waals surface area contributed by atoms with Gasteiger partial charge >= 0.3 is 0 Å². The van der Waals surface area contributed by atoms with Crippen molar-refractivity contribution in [2.45, 2.75) is 45.2 Å². The SMILES string of the molecule is CCNC(C1=CCCCO1)C(C)(C)N1CCOCC1. The number of allylic oxidation sites excluding steroid dienone is 1. The zero-order valence-electron chi connectivity index (χ0n) is 12.6. The zero-order valence-corrected chi connectivity index (χ0v) is 12.6. The molecule has 1 unspecified atom stereocenters.